The molecule has 108 valence electrons. The van der Waals surface area contributed by atoms with Crippen LogP contribution in [0.2, 0.25) is 0 Å². The largest absolute Gasteiger partial charge is 0.504 e. The minimum Gasteiger partial charge on any atom is -0.504 e. The number of phenolic OH excluding ortho intramolecular Hbond substituents is 1. The van der Waals surface area contributed by atoms with Crippen molar-refractivity contribution in [3.05, 3.63) is 16.7 Å². The van der Waals surface area contributed by atoms with Gasteiger partial charge in [-0.3, -0.25) is 0 Å². The quantitative estimate of drug-likeness (QED) is 0.845. The molecule has 2 atom stereocenters. The van der Waals surface area contributed by atoms with Crippen LogP contribution in [0.3, 0.4) is 0 Å². The van der Waals surface area contributed by atoms with Gasteiger partial charge in [0.25, 0.3) is 0 Å². The van der Waals surface area contributed by atoms with E-state index in [1.54, 1.807) is 7.11 Å². The van der Waals surface area contributed by atoms with Crippen molar-refractivity contribution in [2.45, 2.75) is 63.4 Å². The molecule has 1 aromatic carbocycles. The van der Waals surface area contributed by atoms with Gasteiger partial charge < -0.3 is 14.6 Å². The van der Waals surface area contributed by atoms with Gasteiger partial charge in [-0.05, 0) is 57.8 Å². The third kappa shape index (κ3) is 1.46. The van der Waals surface area contributed by atoms with Gasteiger partial charge in [0, 0.05) is 16.7 Å². The standard InChI is InChI=1S/C17H22O3/c1-17(2)7-6-11-15(20-17)13-10-5-4-9(8-10)12(13)14(18)16(11)19-3/h9-10,18H,4-8H2,1-3H3. The zero-order valence-electron chi connectivity index (χ0n) is 12.5. The van der Waals surface area contributed by atoms with Crippen molar-refractivity contribution in [3.63, 3.8) is 0 Å². The molecule has 1 heterocycles. The Morgan fingerprint density at radius 2 is 1.90 bits per heavy atom. The Labute approximate surface area is 119 Å². The first-order chi connectivity index (χ1) is 9.52. The van der Waals surface area contributed by atoms with E-state index in [0.29, 0.717) is 23.3 Å². The summed E-state index contributed by atoms with van der Waals surface area (Å²) < 4.78 is 11.8. The Balaban J connectivity index is 1.99. The topological polar surface area (TPSA) is 38.7 Å². The Morgan fingerprint density at radius 3 is 2.60 bits per heavy atom. The summed E-state index contributed by atoms with van der Waals surface area (Å²) in [5.74, 6) is 3.15. The first kappa shape index (κ1) is 12.4. The molecule has 0 aromatic heterocycles. The van der Waals surface area contributed by atoms with E-state index in [1.807, 2.05) is 0 Å². The molecular formula is C17H22O3. The van der Waals surface area contributed by atoms with Crippen LogP contribution in [0.15, 0.2) is 0 Å². The fourth-order valence-corrected chi connectivity index (χ4v) is 4.42. The normalized spacial score (nSPS) is 28.8. The summed E-state index contributed by atoms with van der Waals surface area (Å²) in [4.78, 5) is 0. The summed E-state index contributed by atoms with van der Waals surface area (Å²) in [7, 11) is 1.65. The fraction of sp³-hybridized carbons (Fsp3) is 0.647. The van der Waals surface area contributed by atoms with E-state index in [2.05, 4.69) is 13.8 Å². The Hall–Kier alpha value is -1.38. The minimum atomic E-state index is -0.120. The molecule has 3 nitrogen and oxygen atoms in total. The van der Waals surface area contributed by atoms with Gasteiger partial charge in [-0.1, -0.05) is 0 Å². The van der Waals surface area contributed by atoms with Crippen LogP contribution in [-0.4, -0.2) is 17.8 Å². The van der Waals surface area contributed by atoms with Crippen LogP contribution in [0.1, 0.15) is 68.1 Å². The number of phenols is 1. The van der Waals surface area contributed by atoms with Crippen molar-refractivity contribution in [2.24, 2.45) is 0 Å². The summed E-state index contributed by atoms with van der Waals surface area (Å²) in [6, 6.07) is 0. The van der Waals surface area contributed by atoms with Crippen LogP contribution in [0.25, 0.3) is 0 Å². The predicted octanol–water partition coefficient (Wildman–Crippen LogP) is 3.87. The van der Waals surface area contributed by atoms with E-state index < -0.39 is 0 Å². The molecule has 20 heavy (non-hydrogen) atoms. The molecule has 1 fully saturated rings. The summed E-state index contributed by atoms with van der Waals surface area (Å²) in [6.07, 6.45) is 5.48. The summed E-state index contributed by atoms with van der Waals surface area (Å²) in [5, 5.41) is 10.6. The van der Waals surface area contributed by atoms with Gasteiger partial charge in [0.15, 0.2) is 11.5 Å². The average molecular weight is 274 g/mol. The number of aromatic hydroxyl groups is 1. The van der Waals surface area contributed by atoms with Crippen LogP contribution < -0.4 is 9.47 Å². The highest BCUT2D eigenvalue weighted by Crippen LogP contribution is 2.63. The second-order valence-corrected chi connectivity index (χ2v) is 7.09. The molecule has 0 spiro atoms. The average Bonchev–Trinajstić information content (AvgIpc) is 3.00. The van der Waals surface area contributed by atoms with Crippen molar-refractivity contribution in [1.29, 1.82) is 0 Å². The molecule has 4 rings (SSSR count). The van der Waals surface area contributed by atoms with Crippen LogP contribution in [0.5, 0.6) is 17.2 Å². The van der Waals surface area contributed by atoms with Crippen molar-refractivity contribution in [1.82, 2.24) is 0 Å². The first-order valence-electron chi connectivity index (χ1n) is 7.66. The molecule has 0 radical (unpaired) electrons. The molecular weight excluding hydrogens is 252 g/mol. The molecule has 2 aliphatic carbocycles. The van der Waals surface area contributed by atoms with Crippen molar-refractivity contribution >= 4 is 0 Å². The maximum Gasteiger partial charge on any atom is 0.167 e. The molecule has 2 unspecified atom stereocenters. The molecule has 3 aliphatic rings. The fourth-order valence-electron chi connectivity index (χ4n) is 4.42. The lowest BCUT2D eigenvalue weighted by Crippen LogP contribution is -2.33. The molecule has 0 amide bonds. The van der Waals surface area contributed by atoms with E-state index in [4.69, 9.17) is 9.47 Å². The van der Waals surface area contributed by atoms with Crippen molar-refractivity contribution < 1.29 is 14.6 Å². The summed E-state index contributed by atoms with van der Waals surface area (Å²) in [5.41, 5.74) is 3.37. The second-order valence-electron chi connectivity index (χ2n) is 7.09. The second kappa shape index (κ2) is 3.84. The monoisotopic (exact) mass is 274 g/mol. The Morgan fingerprint density at radius 1 is 1.20 bits per heavy atom. The van der Waals surface area contributed by atoms with Crippen molar-refractivity contribution in [2.75, 3.05) is 7.11 Å². The van der Waals surface area contributed by atoms with Crippen LogP contribution >= 0.6 is 0 Å². The smallest absolute Gasteiger partial charge is 0.167 e. The molecule has 3 heteroatoms. The molecule has 1 saturated carbocycles. The van der Waals surface area contributed by atoms with Gasteiger partial charge in [0.2, 0.25) is 0 Å². The van der Waals surface area contributed by atoms with Gasteiger partial charge >= 0.3 is 0 Å². The van der Waals surface area contributed by atoms with Crippen LogP contribution in [-0.2, 0) is 6.42 Å². The number of rotatable bonds is 1. The predicted molar refractivity (Wildman–Crippen MR) is 77.0 cm³/mol. The van der Waals surface area contributed by atoms with Crippen molar-refractivity contribution in [3.8, 4) is 17.2 Å². The lowest BCUT2D eigenvalue weighted by Gasteiger charge is -2.36. The highest BCUT2D eigenvalue weighted by Gasteiger charge is 2.45. The van der Waals surface area contributed by atoms with E-state index >= 15 is 0 Å². The molecule has 2 bridgehead atoms. The summed E-state index contributed by atoms with van der Waals surface area (Å²) >= 11 is 0. The molecule has 1 N–H and O–H groups in total. The third-order valence-electron chi connectivity index (χ3n) is 5.36. The zero-order chi connectivity index (χ0) is 14.1. The van der Waals surface area contributed by atoms with Crippen LogP contribution in [0.4, 0.5) is 0 Å². The van der Waals surface area contributed by atoms with Gasteiger partial charge in [-0.2, -0.15) is 0 Å². The number of methoxy groups -OCH3 is 1. The maximum atomic E-state index is 10.6. The molecule has 0 saturated heterocycles. The maximum absolute atomic E-state index is 10.6. The molecule has 1 aromatic rings. The van der Waals surface area contributed by atoms with E-state index in [1.165, 1.54) is 24.8 Å². The number of benzene rings is 1. The van der Waals surface area contributed by atoms with Crippen LogP contribution in [0, 0.1) is 0 Å². The minimum absolute atomic E-state index is 0.120. The highest BCUT2D eigenvalue weighted by atomic mass is 16.5. The molecule has 1 aliphatic heterocycles. The van der Waals surface area contributed by atoms with E-state index in [0.717, 1.165) is 29.7 Å². The number of hydrogen-bond acceptors (Lipinski definition) is 3. The number of ether oxygens (including phenoxy) is 2. The Bertz CT molecular complexity index is 589. The number of hydrogen-bond donors (Lipinski definition) is 1. The van der Waals surface area contributed by atoms with Gasteiger partial charge in [0.1, 0.15) is 11.4 Å². The Kier molecular flexibility index (Phi) is 2.37. The zero-order valence-corrected chi connectivity index (χ0v) is 12.5. The van der Waals surface area contributed by atoms with E-state index in [-0.39, 0.29) is 5.60 Å². The lowest BCUT2D eigenvalue weighted by atomic mass is 9.84. The van der Waals surface area contributed by atoms with Gasteiger partial charge in [0.05, 0.1) is 7.11 Å². The van der Waals surface area contributed by atoms with Gasteiger partial charge in [-0.15, -0.1) is 0 Å². The van der Waals surface area contributed by atoms with Gasteiger partial charge in [-0.25, -0.2) is 0 Å². The lowest BCUT2D eigenvalue weighted by molar-refractivity contribution is 0.0813. The highest BCUT2D eigenvalue weighted by molar-refractivity contribution is 5.67. The number of fused-ring (bicyclic) bond motifs is 7. The summed E-state index contributed by atoms with van der Waals surface area (Å²) in [6.45, 7) is 4.30. The first-order valence-corrected chi connectivity index (χ1v) is 7.66. The third-order valence-corrected chi connectivity index (χ3v) is 5.36. The SMILES string of the molecule is COc1c(O)c2c(c3c1CCC(C)(C)O3)C1CCC2C1. The van der Waals surface area contributed by atoms with E-state index in [9.17, 15) is 5.11 Å².